The molecule has 2 amide bonds. The molecule has 0 spiro atoms. The molecule has 7 nitrogen and oxygen atoms in total. The molecule has 2 heterocycles. The van der Waals surface area contributed by atoms with Crippen molar-refractivity contribution in [2.45, 2.75) is 20.4 Å². The Balaban J connectivity index is 1.53. The number of hydrogen-bond acceptors (Lipinski definition) is 5. The first-order valence-corrected chi connectivity index (χ1v) is 11.2. The Morgan fingerprint density at radius 2 is 1.91 bits per heavy atom. The van der Waals surface area contributed by atoms with E-state index >= 15 is 0 Å². The van der Waals surface area contributed by atoms with E-state index in [4.69, 9.17) is 16.3 Å². The minimum absolute atomic E-state index is 0.197. The molecule has 0 saturated carbocycles. The number of carbonyl (C=O) groups excluding carboxylic acids is 3. The van der Waals surface area contributed by atoms with Crippen LogP contribution in [-0.2, 0) is 20.9 Å². The molecule has 0 radical (unpaired) electrons. The highest BCUT2D eigenvalue weighted by atomic mass is 35.5. The summed E-state index contributed by atoms with van der Waals surface area (Å²) < 4.78 is 7.26. The highest BCUT2D eigenvalue weighted by Gasteiger charge is 2.20. The summed E-state index contributed by atoms with van der Waals surface area (Å²) in [6.45, 7) is 3.79. The summed E-state index contributed by atoms with van der Waals surface area (Å²) in [5, 5.41) is 5.06. The lowest BCUT2D eigenvalue weighted by Gasteiger charge is -2.17. The summed E-state index contributed by atoms with van der Waals surface area (Å²) in [4.78, 5) is 39.5. The van der Waals surface area contributed by atoms with E-state index in [-0.39, 0.29) is 6.54 Å². The second-order valence-corrected chi connectivity index (χ2v) is 8.74. The van der Waals surface area contributed by atoms with Crippen molar-refractivity contribution in [2.75, 3.05) is 25.5 Å². The summed E-state index contributed by atoms with van der Waals surface area (Å²) >= 11 is 7.67. The van der Waals surface area contributed by atoms with Gasteiger partial charge in [0.1, 0.15) is 0 Å². The molecule has 0 aliphatic heterocycles. The Bertz CT molecular complexity index is 1120. The van der Waals surface area contributed by atoms with Crippen LogP contribution >= 0.6 is 22.9 Å². The molecule has 3 aromatic rings. The summed E-state index contributed by atoms with van der Waals surface area (Å²) in [5.74, 6) is -1.46. The number of aromatic nitrogens is 1. The predicted molar refractivity (Wildman–Crippen MR) is 125 cm³/mol. The lowest BCUT2D eigenvalue weighted by Crippen LogP contribution is -2.37. The van der Waals surface area contributed by atoms with E-state index in [2.05, 4.69) is 5.32 Å². The van der Waals surface area contributed by atoms with Crippen molar-refractivity contribution in [1.82, 2.24) is 9.47 Å². The first-order chi connectivity index (χ1) is 15.3. The minimum Gasteiger partial charge on any atom is -0.452 e. The maximum atomic E-state index is 12.6. The number of amides is 2. The van der Waals surface area contributed by atoms with E-state index in [9.17, 15) is 14.4 Å². The quantitative estimate of drug-likeness (QED) is 0.499. The predicted octanol–water partition coefficient (Wildman–Crippen LogP) is 4.12. The first-order valence-electron chi connectivity index (χ1n) is 9.91. The fraction of sp³-hybridized carbons (Fsp3) is 0.261. The standard InChI is InChI=1S/C23H24ClN3O4S/c1-15-11-18(16(2)27(15)12-17-7-6-10-32-17)23(30)31-14-22(29)26(3)13-21(28)25-20-9-5-4-8-19(20)24/h4-11H,12-14H2,1-3H3,(H,25,28). The van der Waals surface area contributed by atoms with Crippen molar-refractivity contribution in [3.63, 3.8) is 0 Å². The molecule has 9 heteroatoms. The zero-order valence-electron chi connectivity index (χ0n) is 18.1. The number of para-hydroxylation sites is 1. The van der Waals surface area contributed by atoms with Gasteiger partial charge >= 0.3 is 5.97 Å². The molecule has 0 fully saturated rings. The van der Waals surface area contributed by atoms with Gasteiger partial charge in [-0.3, -0.25) is 9.59 Å². The lowest BCUT2D eigenvalue weighted by atomic mass is 10.2. The van der Waals surface area contributed by atoms with Crippen molar-refractivity contribution < 1.29 is 19.1 Å². The van der Waals surface area contributed by atoms with Gasteiger partial charge in [-0.1, -0.05) is 29.8 Å². The number of anilines is 1. The largest absolute Gasteiger partial charge is 0.452 e. The van der Waals surface area contributed by atoms with Crippen LogP contribution in [-0.4, -0.2) is 47.4 Å². The molecule has 2 aromatic heterocycles. The van der Waals surface area contributed by atoms with E-state index in [1.165, 1.54) is 16.8 Å². The van der Waals surface area contributed by atoms with Gasteiger partial charge in [-0.2, -0.15) is 0 Å². The number of nitrogens with zero attached hydrogens (tertiary/aromatic N) is 2. The number of halogens is 1. The van der Waals surface area contributed by atoms with E-state index in [0.717, 1.165) is 11.4 Å². The highest BCUT2D eigenvalue weighted by Crippen LogP contribution is 2.21. The number of benzene rings is 1. The molecule has 1 N–H and O–H groups in total. The van der Waals surface area contributed by atoms with E-state index in [1.54, 1.807) is 41.7 Å². The van der Waals surface area contributed by atoms with Gasteiger partial charge in [-0.05, 0) is 43.5 Å². The summed E-state index contributed by atoms with van der Waals surface area (Å²) in [6, 6.07) is 12.6. The van der Waals surface area contributed by atoms with Crippen LogP contribution in [0.25, 0.3) is 0 Å². The zero-order chi connectivity index (χ0) is 23.3. The second kappa shape index (κ2) is 10.5. The fourth-order valence-electron chi connectivity index (χ4n) is 3.18. The van der Waals surface area contributed by atoms with Crippen LogP contribution in [0.3, 0.4) is 0 Å². The number of aryl methyl sites for hydroxylation is 1. The average molecular weight is 474 g/mol. The van der Waals surface area contributed by atoms with Crippen molar-refractivity contribution in [3.8, 4) is 0 Å². The van der Waals surface area contributed by atoms with Crippen molar-refractivity contribution in [3.05, 3.63) is 74.7 Å². The van der Waals surface area contributed by atoms with E-state index < -0.39 is 24.4 Å². The molecule has 168 valence electrons. The molecule has 0 saturated heterocycles. The van der Waals surface area contributed by atoms with Crippen LogP contribution < -0.4 is 5.32 Å². The Labute approximate surface area is 195 Å². The molecule has 3 rings (SSSR count). The van der Waals surface area contributed by atoms with Gasteiger partial charge < -0.3 is 19.5 Å². The van der Waals surface area contributed by atoms with Gasteiger partial charge in [0.05, 0.1) is 29.4 Å². The smallest absolute Gasteiger partial charge is 0.340 e. The zero-order valence-corrected chi connectivity index (χ0v) is 19.6. The van der Waals surface area contributed by atoms with Crippen LogP contribution in [0.1, 0.15) is 26.6 Å². The van der Waals surface area contributed by atoms with Crippen molar-refractivity contribution in [1.29, 1.82) is 0 Å². The third-order valence-corrected chi connectivity index (χ3v) is 6.16. The molecule has 0 unspecified atom stereocenters. The molecular formula is C23H24ClN3O4S. The van der Waals surface area contributed by atoms with Gasteiger partial charge in [0, 0.05) is 23.3 Å². The van der Waals surface area contributed by atoms with E-state index in [1.807, 2.05) is 35.9 Å². The number of rotatable bonds is 8. The van der Waals surface area contributed by atoms with Gasteiger partial charge in [0.2, 0.25) is 5.91 Å². The van der Waals surface area contributed by atoms with Crippen LogP contribution in [0.4, 0.5) is 5.69 Å². The van der Waals surface area contributed by atoms with Crippen LogP contribution in [0.2, 0.25) is 5.02 Å². The Hall–Kier alpha value is -3.10. The number of esters is 1. The molecule has 0 atom stereocenters. The van der Waals surface area contributed by atoms with Crippen LogP contribution in [0.5, 0.6) is 0 Å². The topological polar surface area (TPSA) is 80.6 Å². The number of thiophene rings is 1. The van der Waals surface area contributed by atoms with Gasteiger partial charge in [0.15, 0.2) is 6.61 Å². The Morgan fingerprint density at radius 1 is 1.16 bits per heavy atom. The molecule has 32 heavy (non-hydrogen) atoms. The minimum atomic E-state index is -0.571. The SMILES string of the molecule is Cc1cc(C(=O)OCC(=O)N(C)CC(=O)Nc2ccccc2Cl)c(C)n1Cc1cccs1. The third kappa shape index (κ3) is 5.77. The maximum absolute atomic E-state index is 12.6. The Morgan fingerprint density at radius 3 is 2.59 bits per heavy atom. The van der Waals surface area contributed by atoms with Gasteiger partial charge in [-0.15, -0.1) is 11.3 Å². The molecule has 1 aromatic carbocycles. The van der Waals surface area contributed by atoms with Gasteiger partial charge in [0.25, 0.3) is 5.91 Å². The molecule has 0 aliphatic rings. The normalized spacial score (nSPS) is 10.6. The highest BCUT2D eigenvalue weighted by molar-refractivity contribution is 7.09. The first kappa shape index (κ1) is 23.6. The Kier molecular flexibility index (Phi) is 7.71. The fourth-order valence-corrected chi connectivity index (χ4v) is 4.06. The number of ether oxygens (including phenoxy) is 1. The molecule has 0 bridgehead atoms. The van der Waals surface area contributed by atoms with Gasteiger partial charge in [-0.25, -0.2) is 4.79 Å². The summed E-state index contributed by atoms with van der Waals surface area (Å²) in [6.07, 6.45) is 0. The maximum Gasteiger partial charge on any atom is 0.340 e. The monoisotopic (exact) mass is 473 g/mol. The second-order valence-electron chi connectivity index (χ2n) is 7.30. The number of likely N-dealkylation sites (N-methyl/N-ethyl adjacent to an activating group) is 1. The molecular weight excluding hydrogens is 450 g/mol. The van der Waals surface area contributed by atoms with E-state index in [0.29, 0.717) is 22.8 Å². The van der Waals surface area contributed by atoms with Crippen LogP contribution in [0.15, 0.2) is 47.8 Å². The third-order valence-electron chi connectivity index (χ3n) is 4.97. The number of nitrogens with one attached hydrogen (secondary N) is 1. The van der Waals surface area contributed by atoms with Crippen LogP contribution in [0, 0.1) is 13.8 Å². The average Bonchev–Trinajstić information content (AvgIpc) is 3.37. The summed E-state index contributed by atoms with van der Waals surface area (Å²) in [7, 11) is 1.47. The molecule has 0 aliphatic carbocycles. The summed E-state index contributed by atoms with van der Waals surface area (Å²) in [5.41, 5.74) is 2.60. The number of hydrogen-bond donors (Lipinski definition) is 1. The van der Waals surface area contributed by atoms with Crippen molar-refractivity contribution in [2.24, 2.45) is 0 Å². The lowest BCUT2D eigenvalue weighted by molar-refractivity contribution is -0.136. The number of carbonyl (C=O) groups is 3. The van der Waals surface area contributed by atoms with Crippen molar-refractivity contribution >= 4 is 46.4 Å².